The van der Waals surface area contributed by atoms with E-state index >= 15 is 0 Å². The lowest BCUT2D eigenvalue weighted by atomic mass is 10.2. The third-order valence-electron chi connectivity index (χ3n) is 2.05. The summed E-state index contributed by atoms with van der Waals surface area (Å²) in [5.74, 6) is -0.382. The number of nitrogens with one attached hydrogen (secondary N) is 1. The summed E-state index contributed by atoms with van der Waals surface area (Å²) in [6.07, 6.45) is 0. The van der Waals surface area contributed by atoms with Gasteiger partial charge < -0.3 is 14.8 Å². The number of carbonyl (C=O) groups is 1. The maximum absolute atomic E-state index is 10.9. The van der Waals surface area contributed by atoms with Gasteiger partial charge >= 0.3 is 11.7 Å². The highest BCUT2D eigenvalue weighted by atomic mass is 16.6. The highest BCUT2D eigenvalue weighted by Gasteiger charge is 2.20. The van der Waals surface area contributed by atoms with Crippen LogP contribution in [0.25, 0.3) is 0 Å². The van der Waals surface area contributed by atoms with E-state index in [9.17, 15) is 14.9 Å². The Morgan fingerprint density at radius 1 is 1.47 bits per heavy atom. The van der Waals surface area contributed by atoms with Crippen molar-refractivity contribution in [2.45, 2.75) is 0 Å². The predicted molar refractivity (Wildman–Crippen MR) is 60.2 cm³/mol. The van der Waals surface area contributed by atoms with E-state index in [1.54, 1.807) is 6.07 Å². The Morgan fingerprint density at radius 3 is 2.71 bits per heavy atom. The summed E-state index contributed by atoms with van der Waals surface area (Å²) in [5, 5.41) is 13.5. The first-order valence-electron chi connectivity index (χ1n) is 4.72. The SMILES string of the molecule is COC(=O)CNc1cccc(OC)c1[N+](=O)[O-]. The molecule has 1 aromatic rings. The maximum atomic E-state index is 10.9. The second-order valence-electron chi connectivity index (χ2n) is 3.04. The number of benzene rings is 1. The number of nitrogens with zero attached hydrogens (tertiary/aromatic N) is 1. The standard InChI is InChI=1S/C10H12N2O5/c1-16-8-5-3-4-7(10(8)12(14)15)11-6-9(13)17-2/h3-5,11H,6H2,1-2H3. The molecule has 1 rings (SSSR count). The van der Waals surface area contributed by atoms with Crippen LogP contribution < -0.4 is 10.1 Å². The molecule has 0 aromatic heterocycles. The topological polar surface area (TPSA) is 90.7 Å². The summed E-state index contributed by atoms with van der Waals surface area (Å²) in [4.78, 5) is 21.2. The number of hydrogen-bond donors (Lipinski definition) is 1. The van der Waals surface area contributed by atoms with Gasteiger partial charge in [-0.25, -0.2) is 0 Å². The fourth-order valence-electron chi connectivity index (χ4n) is 1.26. The van der Waals surface area contributed by atoms with E-state index in [4.69, 9.17) is 4.74 Å². The average molecular weight is 240 g/mol. The molecule has 1 aromatic carbocycles. The molecule has 0 aliphatic rings. The van der Waals surface area contributed by atoms with Gasteiger partial charge in [0, 0.05) is 0 Å². The number of nitro benzene ring substituents is 1. The molecule has 0 aliphatic heterocycles. The Balaban J connectivity index is 2.98. The summed E-state index contributed by atoms with van der Waals surface area (Å²) < 4.78 is 9.31. The predicted octanol–water partition coefficient (Wildman–Crippen LogP) is 1.19. The zero-order valence-electron chi connectivity index (χ0n) is 9.43. The maximum Gasteiger partial charge on any atom is 0.333 e. The molecule has 7 heteroatoms. The number of para-hydroxylation sites is 1. The molecule has 0 heterocycles. The lowest BCUT2D eigenvalue weighted by molar-refractivity contribution is -0.384. The monoisotopic (exact) mass is 240 g/mol. The molecule has 0 bridgehead atoms. The molecule has 0 aliphatic carbocycles. The molecule has 1 N–H and O–H groups in total. The lowest BCUT2D eigenvalue weighted by Gasteiger charge is -2.08. The molecular weight excluding hydrogens is 228 g/mol. The van der Waals surface area contributed by atoms with Crippen LogP contribution in [-0.2, 0) is 9.53 Å². The van der Waals surface area contributed by atoms with Crippen LogP contribution in [0.4, 0.5) is 11.4 Å². The number of anilines is 1. The van der Waals surface area contributed by atoms with E-state index in [1.807, 2.05) is 0 Å². The van der Waals surface area contributed by atoms with Crippen LogP contribution in [0.3, 0.4) is 0 Å². The van der Waals surface area contributed by atoms with Crippen molar-refractivity contribution in [2.24, 2.45) is 0 Å². The number of methoxy groups -OCH3 is 2. The van der Waals surface area contributed by atoms with Gasteiger partial charge in [-0.2, -0.15) is 0 Å². The normalized spacial score (nSPS) is 9.53. The zero-order valence-corrected chi connectivity index (χ0v) is 9.43. The summed E-state index contributed by atoms with van der Waals surface area (Å²) >= 11 is 0. The molecule has 0 radical (unpaired) electrons. The molecule has 0 saturated carbocycles. The average Bonchev–Trinajstić information content (AvgIpc) is 2.34. The van der Waals surface area contributed by atoms with Crippen molar-refractivity contribution in [1.82, 2.24) is 0 Å². The van der Waals surface area contributed by atoms with Crippen LogP contribution in [0.2, 0.25) is 0 Å². The summed E-state index contributed by atoms with van der Waals surface area (Å²) in [6.45, 7) is -0.148. The van der Waals surface area contributed by atoms with Crippen molar-refractivity contribution < 1.29 is 19.2 Å². The molecular formula is C10H12N2O5. The molecule has 7 nitrogen and oxygen atoms in total. The Bertz CT molecular complexity index is 433. The minimum atomic E-state index is -0.571. The van der Waals surface area contributed by atoms with Crippen molar-refractivity contribution in [3.8, 4) is 5.75 Å². The van der Waals surface area contributed by atoms with E-state index in [-0.39, 0.29) is 23.7 Å². The first-order valence-corrected chi connectivity index (χ1v) is 4.72. The van der Waals surface area contributed by atoms with Crippen molar-refractivity contribution in [2.75, 3.05) is 26.1 Å². The third-order valence-corrected chi connectivity index (χ3v) is 2.05. The van der Waals surface area contributed by atoms with Crippen LogP contribution >= 0.6 is 0 Å². The zero-order chi connectivity index (χ0) is 12.8. The number of rotatable bonds is 5. The van der Waals surface area contributed by atoms with Crippen molar-refractivity contribution in [3.05, 3.63) is 28.3 Å². The van der Waals surface area contributed by atoms with Gasteiger partial charge in [-0.1, -0.05) is 6.07 Å². The van der Waals surface area contributed by atoms with E-state index < -0.39 is 10.9 Å². The minimum absolute atomic E-state index is 0.130. The first-order chi connectivity index (χ1) is 8.10. The Morgan fingerprint density at radius 2 is 2.18 bits per heavy atom. The van der Waals surface area contributed by atoms with Crippen LogP contribution in [0.15, 0.2) is 18.2 Å². The fourth-order valence-corrected chi connectivity index (χ4v) is 1.26. The van der Waals surface area contributed by atoms with Gasteiger partial charge in [-0.15, -0.1) is 0 Å². The van der Waals surface area contributed by atoms with Gasteiger partial charge in [0.25, 0.3) is 0 Å². The fraction of sp³-hybridized carbons (Fsp3) is 0.300. The van der Waals surface area contributed by atoms with E-state index in [2.05, 4.69) is 10.1 Å². The van der Waals surface area contributed by atoms with Crippen LogP contribution in [0.1, 0.15) is 0 Å². The highest BCUT2D eigenvalue weighted by Crippen LogP contribution is 2.34. The number of nitro groups is 1. The second kappa shape index (κ2) is 5.69. The van der Waals surface area contributed by atoms with Gasteiger partial charge in [0.15, 0.2) is 5.75 Å². The third kappa shape index (κ3) is 3.07. The quantitative estimate of drug-likeness (QED) is 0.472. The van der Waals surface area contributed by atoms with Crippen molar-refractivity contribution >= 4 is 17.3 Å². The molecule has 17 heavy (non-hydrogen) atoms. The molecule has 92 valence electrons. The highest BCUT2D eigenvalue weighted by molar-refractivity contribution is 5.77. The number of hydrogen-bond acceptors (Lipinski definition) is 6. The summed E-state index contributed by atoms with van der Waals surface area (Å²) in [7, 11) is 2.58. The van der Waals surface area contributed by atoms with Gasteiger partial charge in [0.05, 0.1) is 19.1 Å². The van der Waals surface area contributed by atoms with E-state index in [1.165, 1.54) is 26.4 Å². The van der Waals surface area contributed by atoms with Gasteiger partial charge in [-0.05, 0) is 12.1 Å². The van der Waals surface area contributed by atoms with E-state index in [0.717, 1.165) is 0 Å². The van der Waals surface area contributed by atoms with Gasteiger partial charge in [0.1, 0.15) is 12.2 Å². The second-order valence-corrected chi connectivity index (χ2v) is 3.04. The molecule has 0 fully saturated rings. The minimum Gasteiger partial charge on any atom is -0.490 e. The molecule has 0 spiro atoms. The molecule has 0 unspecified atom stereocenters. The Kier molecular flexibility index (Phi) is 4.27. The van der Waals surface area contributed by atoms with Crippen molar-refractivity contribution in [3.63, 3.8) is 0 Å². The van der Waals surface area contributed by atoms with Gasteiger partial charge in [0.2, 0.25) is 0 Å². The van der Waals surface area contributed by atoms with Crippen LogP contribution in [-0.4, -0.2) is 31.7 Å². The molecule has 0 saturated heterocycles. The first kappa shape index (κ1) is 12.8. The summed E-state index contributed by atoms with van der Waals surface area (Å²) in [6, 6.07) is 4.55. The Hall–Kier alpha value is -2.31. The summed E-state index contributed by atoms with van der Waals surface area (Å²) in [5.41, 5.74) is -0.00125. The molecule has 0 atom stereocenters. The van der Waals surface area contributed by atoms with Crippen LogP contribution in [0.5, 0.6) is 5.75 Å². The van der Waals surface area contributed by atoms with Crippen molar-refractivity contribution in [1.29, 1.82) is 0 Å². The molecule has 0 amide bonds. The number of esters is 1. The van der Waals surface area contributed by atoms with Gasteiger partial charge in [-0.3, -0.25) is 14.9 Å². The number of carbonyl (C=O) groups excluding carboxylic acids is 1. The smallest absolute Gasteiger partial charge is 0.333 e. The largest absolute Gasteiger partial charge is 0.490 e. The number of ether oxygens (including phenoxy) is 2. The lowest BCUT2D eigenvalue weighted by Crippen LogP contribution is -2.15. The van der Waals surface area contributed by atoms with E-state index in [0.29, 0.717) is 0 Å². The van der Waals surface area contributed by atoms with Crippen LogP contribution in [0, 0.1) is 10.1 Å². The Labute approximate surface area is 97.5 Å².